The first kappa shape index (κ1) is 95.0. The number of hydrogen-bond donors (Lipinski definition) is 21. The number of thioether (sulfide) groups is 1. The zero-order valence-corrected chi connectivity index (χ0v) is 69.4. The Morgan fingerprint density at radius 1 is 0.571 bits per heavy atom. The maximum atomic E-state index is 15.2. The van der Waals surface area contributed by atoms with E-state index in [9.17, 15) is 67.7 Å². The number of carbonyl (C=O) groups excluding carboxylic acids is 13. The Morgan fingerprint density at radius 2 is 1.08 bits per heavy atom. The normalized spacial score (nSPS) is 17.0. The van der Waals surface area contributed by atoms with Crippen molar-refractivity contribution in [3.05, 3.63) is 90.3 Å². The second-order valence-corrected chi connectivity index (χ2v) is 32.2. The van der Waals surface area contributed by atoms with Crippen LogP contribution in [0.15, 0.2) is 73.4 Å². The molecule has 0 radical (unpaired) electrons. The monoisotopic (exact) mass is 1680 g/mol. The molecule has 25 N–H and O–H groups in total. The first-order valence-corrected chi connectivity index (χ1v) is 42.0. The van der Waals surface area contributed by atoms with Gasteiger partial charge in [0.05, 0.1) is 24.7 Å². The lowest BCUT2D eigenvalue weighted by molar-refractivity contribution is -0.144. The molecule has 39 heteroatoms. The minimum absolute atomic E-state index is 0.000247. The van der Waals surface area contributed by atoms with Gasteiger partial charge in [-0.05, 0) is 143 Å². The summed E-state index contributed by atoms with van der Waals surface area (Å²) in [6, 6.07) is -2.89. The van der Waals surface area contributed by atoms with E-state index in [2.05, 4.69) is 78.4 Å². The number of carboxylic acid groups (broad SMARTS) is 1. The van der Waals surface area contributed by atoms with Crippen molar-refractivity contribution in [3.63, 3.8) is 0 Å². The van der Waals surface area contributed by atoms with Crippen LogP contribution in [0.4, 0.5) is 0 Å². The molecule has 7 rings (SSSR count). The fraction of sp³-hybridized carbons (Fsp3) is 0.575. The molecule has 119 heavy (non-hydrogen) atoms. The first-order valence-electron chi connectivity index (χ1n) is 40.6. The molecule has 2 aliphatic rings. The summed E-state index contributed by atoms with van der Waals surface area (Å²) >= 11 is 1.38. The van der Waals surface area contributed by atoms with Crippen molar-refractivity contribution in [2.75, 3.05) is 44.8 Å². The van der Waals surface area contributed by atoms with Gasteiger partial charge in [0, 0.05) is 79.3 Å². The van der Waals surface area contributed by atoms with Gasteiger partial charge in [0.25, 0.3) is 0 Å². The molecule has 5 heterocycles. The van der Waals surface area contributed by atoms with Crippen molar-refractivity contribution in [3.8, 4) is 0 Å². The van der Waals surface area contributed by atoms with E-state index < -0.39 is 193 Å². The quantitative estimate of drug-likeness (QED) is 0.0123. The number of H-pyrrole nitrogens is 3. The summed E-state index contributed by atoms with van der Waals surface area (Å²) in [5.74, 6) is -13.2. The SMILES string of the molecule is CC[C@H](C)[C@H](NC(=O)[C@H](CO)NC(=O)[C@@H](NC(=O)[C@@H]1CCCN1C(=O)[C@H](CCSC)NC(=O)[C@H](CC(C)C)NC(=O)[C@@H]1CCCN1C(=O)[C@H](CCCNC(=N)N)NC(=O)[C@H](CCC(N)=O)NC(=O)[C@H](Cc1c[nH]c2ccccc12)NC(=O)[C@H](Cc1c[nH]cn1)NC(=O)[C@@H](N)Cc1c[nH]c2ccccc12)C(C)C)C(=O)N[C@@H](CCCCN)C(=O)O. The molecule has 38 nitrogen and oxygen atoms in total. The average molecular weight is 1680 g/mol. The van der Waals surface area contributed by atoms with E-state index in [1.54, 1.807) is 64.5 Å². The molecule has 2 aliphatic heterocycles. The van der Waals surface area contributed by atoms with Crippen LogP contribution < -0.4 is 81.4 Å². The Bertz CT molecular complexity index is 4310. The van der Waals surface area contributed by atoms with Gasteiger partial charge in [-0.25, -0.2) is 9.78 Å². The number of imidazole rings is 1. The number of aromatic amines is 3. The fourth-order valence-corrected chi connectivity index (χ4v) is 15.0. The molecule has 0 spiro atoms. The largest absolute Gasteiger partial charge is 0.480 e. The zero-order valence-electron chi connectivity index (χ0n) is 68.6. The molecular weight excluding hydrogens is 1560 g/mol. The molecule has 0 saturated carbocycles. The van der Waals surface area contributed by atoms with Crippen LogP contribution in [0.3, 0.4) is 0 Å². The van der Waals surface area contributed by atoms with E-state index in [0.717, 1.165) is 16.5 Å². The van der Waals surface area contributed by atoms with Gasteiger partial charge >= 0.3 is 5.97 Å². The van der Waals surface area contributed by atoms with Crippen LogP contribution in [-0.4, -0.2) is 252 Å². The number of aliphatic carboxylic acids is 1. The van der Waals surface area contributed by atoms with Crippen LogP contribution in [0.25, 0.3) is 21.8 Å². The number of benzene rings is 2. The molecule has 3 aromatic heterocycles. The summed E-state index contributed by atoms with van der Waals surface area (Å²) in [6.45, 7) is 9.77. The number of nitrogens with one attached hydrogen (secondary N) is 15. The summed E-state index contributed by atoms with van der Waals surface area (Å²) in [4.78, 5) is 215. The number of para-hydroxylation sites is 2. The predicted octanol–water partition coefficient (Wildman–Crippen LogP) is -1.21. The number of primary amides is 1. The second kappa shape index (κ2) is 46.8. The number of aromatic nitrogens is 4. The maximum absolute atomic E-state index is 15.2. The van der Waals surface area contributed by atoms with E-state index in [4.69, 9.17) is 28.3 Å². The highest BCUT2D eigenvalue weighted by Gasteiger charge is 2.44. The number of aliphatic hydroxyl groups excluding tert-OH is 1. The molecule has 13 amide bonds. The van der Waals surface area contributed by atoms with Crippen LogP contribution >= 0.6 is 11.8 Å². The molecule has 652 valence electrons. The summed E-state index contributed by atoms with van der Waals surface area (Å²) in [7, 11) is 0. The van der Waals surface area contributed by atoms with Gasteiger partial charge in [0.1, 0.15) is 72.5 Å². The van der Waals surface area contributed by atoms with E-state index >= 15 is 9.59 Å². The fourth-order valence-electron chi connectivity index (χ4n) is 14.6. The van der Waals surface area contributed by atoms with Gasteiger partial charge in [-0.1, -0.05) is 84.4 Å². The number of amides is 13. The number of rotatable bonds is 49. The molecule has 0 aliphatic carbocycles. The van der Waals surface area contributed by atoms with Crippen LogP contribution in [0.2, 0.25) is 0 Å². The van der Waals surface area contributed by atoms with Crippen LogP contribution in [0.5, 0.6) is 0 Å². The van der Waals surface area contributed by atoms with Crippen molar-refractivity contribution in [1.29, 1.82) is 5.41 Å². The number of nitrogens with two attached hydrogens (primary N) is 4. The zero-order chi connectivity index (χ0) is 87.2. The van der Waals surface area contributed by atoms with E-state index in [-0.39, 0.29) is 102 Å². The summed E-state index contributed by atoms with van der Waals surface area (Å²) in [5.41, 5.74) is 26.6. The van der Waals surface area contributed by atoms with Gasteiger partial charge in [0.2, 0.25) is 76.8 Å². The molecule has 0 unspecified atom stereocenters. The number of hydrogen-bond acceptors (Lipinski definition) is 20. The summed E-state index contributed by atoms with van der Waals surface area (Å²) in [6.07, 6.45) is 9.34. The van der Waals surface area contributed by atoms with Gasteiger partial charge in [-0.15, -0.1) is 0 Å². The predicted molar refractivity (Wildman–Crippen MR) is 445 cm³/mol. The van der Waals surface area contributed by atoms with Crippen molar-refractivity contribution >= 4 is 122 Å². The molecule has 2 fully saturated rings. The number of carboxylic acids is 1. The third kappa shape index (κ3) is 28.0. The van der Waals surface area contributed by atoms with Crippen LogP contribution in [0.1, 0.15) is 148 Å². The molecular formula is C80H120N22O16S. The maximum Gasteiger partial charge on any atom is 0.326 e. The number of nitrogens with zero attached hydrogens (tertiary/aromatic N) is 3. The summed E-state index contributed by atoms with van der Waals surface area (Å²) < 4.78 is 0. The van der Waals surface area contributed by atoms with Gasteiger partial charge in [0.15, 0.2) is 5.96 Å². The van der Waals surface area contributed by atoms with Crippen molar-refractivity contribution in [1.82, 2.24) is 88.2 Å². The van der Waals surface area contributed by atoms with E-state index in [1.165, 1.54) is 34.1 Å². The van der Waals surface area contributed by atoms with E-state index in [1.807, 2.05) is 44.2 Å². The van der Waals surface area contributed by atoms with Gasteiger partial charge in [-0.2, -0.15) is 11.8 Å². The summed E-state index contributed by atoms with van der Waals surface area (Å²) in [5, 5.41) is 59.2. The highest BCUT2D eigenvalue weighted by Crippen LogP contribution is 2.26. The lowest BCUT2D eigenvalue weighted by Gasteiger charge is -2.32. The lowest BCUT2D eigenvalue weighted by Crippen LogP contribution is -2.62. The molecule has 5 aromatic rings. The van der Waals surface area contributed by atoms with Gasteiger partial charge < -0.3 is 116 Å². The van der Waals surface area contributed by atoms with Crippen molar-refractivity contribution < 1.29 is 77.3 Å². The van der Waals surface area contributed by atoms with E-state index in [0.29, 0.717) is 60.1 Å². The highest BCUT2D eigenvalue weighted by atomic mass is 32.2. The highest BCUT2D eigenvalue weighted by molar-refractivity contribution is 7.98. The molecule has 0 bridgehead atoms. The number of likely N-dealkylation sites (tertiary alicyclic amines) is 2. The number of carbonyl (C=O) groups is 14. The smallest absolute Gasteiger partial charge is 0.326 e. The third-order valence-electron chi connectivity index (χ3n) is 21.4. The minimum Gasteiger partial charge on any atom is -0.480 e. The third-order valence-corrected chi connectivity index (χ3v) is 22.0. The van der Waals surface area contributed by atoms with Crippen LogP contribution in [0, 0.1) is 23.2 Å². The van der Waals surface area contributed by atoms with Gasteiger partial charge in [-0.3, -0.25) is 67.7 Å². The molecule has 2 saturated heterocycles. The number of fused-ring (bicyclic) bond motifs is 2. The van der Waals surface area contributed by atoms with Crippen molar-refractivity contribution in [2.24, 2.45) is 40.7 Å². The topological polar surface area (TPSA) is 606 Å². The lowest BCUT2D eigenvalue weighted by atomic mass is 9.97. The number of aliphatic hydroxyl groups is 1. The average Bonchev–Trinajstić information content (AvgIpc) is 1.72. The Hall–Kier alpha value is -11.2. The van der Waals surface area contributed by atoms with Crippen molar-refractivity contribution in [2.45, 2.75) is 229 Å². The Labute approximate surface area is 695 Å². The van der Waals surface area contributed by atoms with Crippen LogP contribution in [-0.2, 0) is 86.4 Å². The Balaban J connectivity index is 1.06. The number of unbranched alkanes of at least 4 members (excludes halogenated alkanes) is 1. The second-order valence-electron chi connectivity index (χ2n) is 31.2. The Kier molecular flexibility index (Phi) is 37.4. The first-order chi connectivity index (χ1) is 56.8. The number of guanidine groups is 1. The standard InChI is InChI=1S/C80H120N22O16S/c1-8-45(6)66(76(114)94-57(79(117)118)22-13-14-29-81)100-72(110)61(41-103)98-75(113)65(44(4)5)99-74(112)63-25-17-32-102(63)78(116)56(28-33-119-7)93-69(107)58(34-43(2)3)97-73(111)62-24-16-31-101(62)77(115)55(23-15-30-87-80(84)85)92-68(106)54(26-27-64(83)104)91-70(108)59(36-47-39-89-53-21-12-10-19-50(47)53)96-71(109)60(37-48-40-86-42-90-48)95-67(105)51(82)35-46-38-88-52-20-11-9-18-49(46)52/h9-12,18-21,38-40,42-45,51,54-63,65-66,88-89,103H,8,13-17,22-37,41,81-82H2,1-7H3,(H2,83,104)(H,86,90)(H,91,108)(H,92,106)(H,93,107)(H,94,114)(H,95,105)(H,96,109)(H,97,111)(H,98,113)(H,99,112)(H,100,110)(H,117,118)(H4,84,85,87)/t45-,51-,54-,55-,56-,57-,58-,59-,60-,61-,62-,63-,65-,66-/m0/s1. The Morgan fingerprint density at radius 3 is 1.61 bits per heavy atom. The molecule has 2 aromatic carbocycles. The minimum atomic E-state index is -1.64. The molecule has 14 atom stereocenters.